The Morgan fingerprint density at radius 3 is 2.42 bits per heavy atom. The molecule has 5 rings (SSSR count). The molecule has 8 nitrogen and oxygen atoms in total. The van der Waals surface area contributed by atoms with Gasteiger partial charge in [0.2, 0.25) is 11.8 Å². The number of carbonyl (C=O) groups excluding carboxylic acids is 2. The van der Waals surface area contributed by atoms with Crippen molar-refractivity contribution in [3.63, 3.8) is 0 Å². The minimum absolute atomic E-state index is 0.0625. The molecule has 3 aromatic rings. The molecule has 1 unspecified atom stereocenters. The number of anilines is 1. The standard InChI is InChI=1S/C29H34N4O4S/c1-29(2,3)27-25-26(21-8-6-7-9-22(21)37-5)38-17-24(35)32(16-23(34)30-18-10-11-18)28(25)33(31-27)19-12-14-20(36-4)15-13-19/h6-9,12-15,18,26H,10-11,16-17H2,1-5H3,(H,30,34). The van der Waals surface area contributed by atoms with Crippen LogP contribution in [0.25, 0.3) is 5.69 Å². The van der Waals surface area contributed by atoms with Gasteiger partial charge in [0.05, 0.1) is 36.6 Å². The van der Waals surface area contributed by atoms with Crippen LogP contribution in [0.1, 0.15) is 55.7 Å². The summed E-state index contributed by atoms with van der Waals surface area (Å²) in [5.74, 6) is 2.03. The van der Waals surface area contributed by atoms with E-state index in [0.717, 1.165) is 46.8 Å². The first-order chi connectivity index (χ1) is 18.2. The Balaban J connectivity index is 1.75. The van der Waals surface area contributed by atoms with Crippen LogP contribution in [0.5, 0.6) is 11.5 Å². The summed E-state index contributed by atoms with van der Waals surface area (Å²) >= 11 is 1.54. The number of carbonyl (C=O) groups is 2. The van der Waals surface area contributed by atoms with E-state index in [0.29, 0.717) is 5.82 Å². The van der Waals surface area contributed by atoms with E-state index in [9.17, 15) is 9.59 Å². The van der Waals surface area contributed by atoms with E-state index in [1.54, 1.807) is 30.9 Å². The van der Waals surface area contributed by atoms with E-state index in [2.05, 4.69) is 26.1 Å². The van der Waals surface area contributed by atoms with Crippen molar-refractivity contribution in [2.45, 2.75) is 50.3 Å². The second kappa shape index (κ2) is 10.4. The molecule has 0 spiro atoms. The van der Waals surface area contributed by atoms with Crippen LogP contribution in [-0.4, -0.2) is 54.2 Å². The van der Waals surface area contributed by atoms with Gasteiger partial charge in [-0.05, 0) is 43.2 Å². The number of nitrogens with one attached hydrogen (secondary N) is 1. The molecule has 2 amide bonds. The number of hydrogen-bond donors (Lipinski definition) is 1. The van der Waals surface area contributed by atoms with Gasteiger partial charge in [0.25, 0.3) is 0 Å². The third kappa shape index (κ3) is 5.12. The summed E-state index contributed by atoms with van der Waals surface area (Å²) in [5.41, 5.74) is 3.21. The highest BCUT2D eigenvalue weighted by Crippen LogP contribution is 2.50. The highest BCUT2D eigenvalue weighted by Gasteiger charge is 2.41. The molecule has 1 aliphatic heterocycles. The van der Waals surface area contributed by atoms with Crippen LogP contribution in [0.15, 0.2) is 48.5 Å². The first-order valence-electron chi connectivity index (χ1n) is 12.8. The summed E-state index contributed by atoms with van der Waals surface area (Å²) in [7, 11) is 3.28. The number of amides is 2. The molecular weight excluding hydrogens is 500 g/mol. The first-order valence-corrected chi connectivity index (χ1v) is 13.9. The van der Waals surface area contributed by atoms with Crippen LogP contribution < -0.4 is 19.7 Å². The van der Waals surface area contributed by atoms with Crippen molar-refractivity contribution in [2.24, 2.45) is 0 Å². The Kier molecular flexibility index (Phi) is 7.13. The third-order valence-corrected chi connectivity index (χ3v) is 8.02. The van der Waals surface area contributed by atoms with E-state index in [1.165, 1.54) is 0 Å². The van der Waals surface area contributed by atoms with Crippen LogP contribution in [-0.2, 0) is 15.0 Å². The summed E-state index contributed by atoms with van der Waals surface area (Å²) in [5, 5.41) is 7.94. The van der Waals surface area contributed by atoms with Gasteiger partial charge in [0.15, 0.2) is 0 Å². The monoisotopic (exact) mass is 534 g/mol. The quantitative estimate of drug-likeness (QED) is 0.476. The zero-order chi connectivity index (χ0) is 27.0. The summed E-state index contributed by atoms with van der Waals surface area (Å²) in [6.07, 6.45) is 1.96. The fraction of sp³-hybridized carbons (Fsp3) is 0.414. The number of methoxy groups -OCH3 is 2. The van der Waals surface area contributed by atoms with E-state index in [1.807, 2.05) is 53.2 Å². The van der Waals surface area contributed by atoms with Crippen molar-refractivity contribution in [1.82, 2.24) is 15.1 Å². The maximum Gasteiger partial charge on any atom is 0.240 e. The van der Waals surface area contributed by atoms with Gasteiger partial charge in [0.1, 0.15) is 23.9 Å². The molecule has 1 atom stereocenters. The highest BCUT2D eigenvalue weighted by molar-refractivity contribution is 8.00. The second-order valence-electron chi connectivity index (χ2n) is 10.7. The number of para-hydroxylation sites is 1. The fourth-order valence-corrected chi connectivity index (χ4v) is 5.97. The SMILES string of the molecule is COc1ccc(-n2nc(C(C)(C)C)c3c2N(CC(=O)NC2CC2)C(=O)CSC3c2ccccc2OC)cc1. The summed E-state index contributed by atoms with van der Waals surface area (Å²) in [6, 6.07) is 15.7. The molecule has 1 fully saturated rings. The molecule has 9 heteroatoms. The molecule has 0 radical (unpaired) electrons. The van der Waals surface area contributed by atoms with Crippen LogP contribution in [0, 0.1) is 0 Å². The third-order valence-electron chi connectivity index (χ3n) is 6.78. The highest BCUT2D eigenvalue weighted by atomic mass is 32.2. The lowest BCUT2D eigenvalue weighted by molar-refractivity contribution is -0.123. The first kappa shape index (κ1) is 26.2. The van der Waals surface area contributed by atoms with Gasteiger partial charge in [-0.15, -0.1) is 11.8 Å². The molecule has 0 bridgehead atoms. The molecule has 2 heterocycles. The number of hydrogen-bond acceptors (Lipinski definition) is 6. The number of ether oxygens (including phenoxy) is 2. The summed E-state index contributed by atoms with van der Waals surface area (Å²) in [6.45, 7) is 6.30. The predicted octanol–water partition coefficient (Wildman–Crippen LogP) is 4.63. The molecule has 38 heavy (non-hydrogen) atoms. The van der Waals surface area contributed by atoms with E-state index in [-0.39, 0.29) is 40.8 Å². The number of fused-ring (bicyclic) bond motifs is 1. The number of aromatic nitrogens is 2. The van der Waals surface area contributed by atoms with Gasteiger partial charge in [-0.2, -0.15) is 5.10 Å². The minimum Gasteiger partial charge on any atom is -0.497 e. The lowest BCUT2D eigenvalue weighted by Gasteiger charge is -2.25. The Morgan fingerprint density at radius 1 is 1.08 bits per heavy atom. The Hall–Kier alpha value is -3.46. The van der Waals surface area contributed by atoms with E-state index in [4.69, 9.17) is 14.6 Å². The number of nitrogens with zero attached hydrogens (tertiary/aromatic N) is 3. The Bertz CT molecular complexity index is 1340. The van der Waals surface area contributed by atoms with Crippen LogP contribution >= 0.6 is 11.8 Å². The number of benzene rings is 2. The zero-order valence-corrected chi connectivity index (χ0v) is 23.3. The van der Waals surface area contributed by atoms with Gasteiger partial charge < -0.3 is 14.8 Å². The fourth-order valence-electron chi connectivity index (χ4n) is 4.75. The molecule has 1 aliphatic carbocycles. The predicted molar refractivity (Wildman–Crippen MR) is 150 cm³/mol. The molecule has 1 N–H and O–H groups in total. The van der Waals surface area contributed by atoms with Crippen molar-refractivity contribution in [1.29, 1.82) is 0 Å². The number of rotatable bonds is 7. The molecule has 200 valence electrons. The molecule has 2 aliphatic rings. The zero-order valence-electron chi connectivity index (χ0n) is 22.5. The van der Waals surface area contributed by atoms with Crippen molar-refractivity contribution in [3.05, 3.63) is 65.4 Å². The lowest BCUT2D eigenvalue weighted by atomic mass is 9.87. The van der Waals surface area contributed by atoms with Gasteiger partial charge >= 0.3 is 0 Å². The van der Waals surface area contributed by atoms with E-state index >= 15 is 0 Å². The lowest BCUT2D eigenvalue weighted by Crippen LogP contribution is -2.43. The average molecular weight is 535 g/mol. The molecule has 2 aromatic carbocycles. The smallest absolute Gasteiger partial charge is 0.240 e. The van der Waals surface area contributed by atoms with Crippen molar-refractivity contribution < 1.29 is 19.1 Å². The van der Waals surface area contributed by atoms with Crippen molar-refractivity contribution in [2.75, 3.05) is 31.4 Å². The largest absolute Gasteiger partial charge is 0.497 e. The maximum absolute atomic E-state index is 13.7. The summed E-state index contributed by atoms with van der Waals surface area (Å²) < 4.78 is 12.9. The summed E-state index contributed by atoms with van der Waals surface area (Å²) in [4.78, 5) is 28.4. The topological polar surface area (TPSA) is 85.7 Å². The molecule has 0 saturated heterocycles. The van der Waals surface area contributed by atoms with Gasteiger partial charge in [-0.3, -0.25) is 14.5 Å². The Morgan fingerprint density at radius 2 is 1.79 bits per heavy atom. The average Bonchev–Trinajstić information content (AvgIpc) is 3.65. The van der Waals surface area contributed by atoms with Crippen LogP contribution in [0.2, 0.25) is 0 Å². The molecular formula is C29H34N4O4S. The number of thioether (sulfide) groups is 1. The van der Waals surface area contributed by atoms with Crippen LogP contribution in [0.4, 0.5) is 5.82 Å². The molecule has 1 aromatic heterocycles. The maximum atomic E-state index is 13.7. The van der Waals surface area contributed by atoms with Gasteiger partial charge in [-0.25, -0.2) is 4.68 Å². The normalized spacial score (nSPS) is 17.6. The minimum atomic E-state index is -0.335. The van der Waals surface area contributed by atoms with E-state index < -0.39 is 0 Å². The van der Waals surface area contributed by atoms with Gasteiger partial charge in [-0.1, -0.05) is 39.0 Å². The Labute approximate surface area is 227 Å². The molecule has 1 saturated carbocycles. The van der Waals surface area contributed by atoms with Crippen LogP contribution in [0.3, 0.4) is 0 Å². The van der Waals surface area contributed by atoms with Crippen molar-refractivity contribution >= 4 is 29.4 Å². The van der Waals surface area contributed by atoms with Crippen molar-refractivity contribution in [3.8, 4) is 17.2 Å². The second-order valence-corrected chi connectivity index (χ2v) is 11.8. The van der Waals surface area contributed by atoms with Gasteiger partial charge in [0, 0.05) is 22.6 Å².